The van der Waals surface area contributed by atoms with Gasteiger partial charge in [0.25, 0.3) is 0 Å². The molecule has 0 saturated carbocycles. The van der Waals surface area contributed by atoms with E-state index in [-0.39, 0.29) is 13.1 Å². The molecule has 0 aromatic rings. The van der Waals surface area contributed by atoms with E-state index in [4.69, 9.17) is 48.3 Å². The van der Waals surface area contributed by atoms with Gasteiger partial charge < -0.3 is 9.31 Å². The van der Waals surface area contributed by atoms with Crippen molar-refractivity contribution < 1.29 is 35.7 Å². The highest BCUT2D eigenvalue weighted by atomic mass is 35.6. The molecule has 1 aliphatic rings. The highest BCUT2D eigenvalue weighted by Crippen LogP contribution is 2.27. The van der Waals surface area contributed by atoms with Crippen LogP contribution < -0.4 is 0 Å². The first-order valence-corrected chi connectivity index (χ1v) is 9.23. The Balaban J connectivity index is 2.90. The Bertz CT molecular complexity index is 603. The minimum Gasteiger partial charge on any atom is -0.496 e. The number of halogens is 3. The predicted molar refractivity (Wildman–Crippen MR) is 90.3 cm³/mol. The first kappa shape index (κ1) is 22.5. The first-order valence-electron chi connectivity index (χ1n) is 6.76. The number of likely N-dealkylation sites (N-methyl/N-ethyl adjacent to an activating group) is 1. The van der Waals surface area contributed by atoms with Crippen LogP contribution in [0, 0.1) is 0 Å². The molecule has 0 spiro atoms. The lowest BCUT2D eigenvalue weighted by Gasteiger charge is -2.25. The second kappa shape index (κ2) is 9.40. The number of alkyl halides is 3. The molecular formula is C11H15BCl3NO8S. The molecule has 1 saturated heterocycles. The minimum atomic E-state index is -4.65. The fourth-order valence-corrected chi connectivity index (χ4v) is 2.81. The Morgan fingerprint density at radius 3 is 2.24 bits per heavy atom. The zero-order chi connectivity index (χ0) is 19.3. The maximum atomic E-state index is 11.8. The monoisotopic (exact) mass is 437 g/mol. The van der Waals surface area contributed by atoms with Gasteiger partial charge in [-0.25, -0.2) is 8.37 Å². The van der Waals surface area contributed by atoms with Crippen LogP contribution in [0.3, 0.4) is 0 Å². The number of rotatable bonds is 6. The standard InChI is InChI=1S/C11H15BCl3NO8S/c1-3-4-8(24-25(19,20)21-7-11(13,14)15)12-22-9(17)5-16(2)6-10(18)23-12/h3-4,8H,5-7H2,1-2H3/b4-3+. The van der Waals surface area contributed by atoms with Gasteiger partial charge in [0.15, 0.2) is 6.00 Å². The van der Waals surface area contributed by atoms with Crippen molar-refractivity contribution in [3.05, 3.63) is 12.2 Å². The lowest BCUT2D eigenvalue weighted by molar-refractivity contribution is -0.146. The Kier molecular flexibility index (Phi) is 8.46. The third kappa shape index (κ3) is 9.09. The zero-order valence-corrected chi connectivity index (χ0v) is 16.3. The highest BCUT2D eigenvalue weighted by Gasteiger charge is 2.42. The molecule has 1 unspecified atom stereocenters. The topological polar surface area (TPSA) is 108 Å². The number of hydrogen-bond donors (Lipinski definition) is 0. The van der Waals surface area contributed by atoms with Crippen molar-refractivity contribution in [3.8, 4) is 0 Å². The quantitative estimate of drug-likeness (QED) is 0.335. The Hall–Kier alpha value is -0.555. The van der Waals surface area contributed by atoms with E-state index in [0.29, 0.717) is 0 Å². The molecule has 0 aromatic heterocycles. The Morgan fingerprint density at radius 1 is 1.28 bits per heavy atom. The van der Waals surface area contributed by atoms with Crippen molar-refractivity contribution in [2.45, 2.75) is 16.7 Å². The summed E-state index contributed by atoms with van der Waals surface area (Å²) in [6, 6.07) is -1.48. The molecule has 25 heavy (non-hydrogen) atoms. The first-order chi connectivity index (χ1) is 11.4. The molecule has 0 N–H and O–H groups in total. The van der Waals surface area contributed by atoms with Gasteiger partial charge >= 0.3 is 29.5 Å². The van der Waals surface area contributed by atoms with Crippen LogP contribution in [0.5, 0.6) is 0 Å². The third-order valence-corrected chi connectivity index (χ3v) is 3.73. The second-order valence-corrected chi connectivity index (χ2v) is 8.65. The van der Waals surface area contributed by atoms with Gasteiger partial charge in [0, 0.05) is 0 Å². The summed E-state index contributed by atoms with van der Waals surface area (Å²) >= 11 is 16.2. The van der Waals surface area contributed by atoms with Gasteiger partial charge in [-0.15, -0.1) is 0 Å². The molecule has 0 radical (unpaired) electrons. The number of carbonyl (C=O) groups excluding carboxylic acids is 2. The molecule has 14 heteroatoms. The molecule has 1 heterocycles. The highest BCUT2D eigenvalue weighted by molar-refractivity contribution is 7.81. The molecule has 1 atom stereocenters. The van der Waals surface area contributed by atoms with Crippen molar-refractivity contribution in [1.29, 1.82) is 0 Å². The van der Waals surface area contributed by atoms with E-state index in [2.05, 4.69) is 4.18 Å². The van der Waals surface area contributed by atoms with Gasteiger partial charge in [-0.3, -0.25) is 14.5 Å². The number of allylic oxidation sites excluding steroid dienone is 1. The van der Waals surface area contributed by atoms with Gasteiger partial charge in [-0.2, -0.15) is 8.42 Å². The van der Waals surface area contributed by atoms with Crippen molar-refractivity contribution in [1.82, 2.24) is 4.90 Å². The Morgan fingerprint density at radius 2 is 1.80 bits per heavy atom. The fraction of sp³-hybridized carbons (Fsp3) is 0.636. The summed E-state index contributed by atoms with van der Waals surface area (Å²) in [5.74, 6) is -1.48. The van der Waals surface area contributed by atoms with E-state index in [1.165, 1.54) is 24.1 Å². The smallest absolute Gasteiger partial charge is 0.496 e. The minimum absolute atomic E-state index is 0.190. The normalized spacial score (nSPS) is 19.3. The molecule has 1 rings (SSSR count). The lowest BCUT2D eigenvalue weighted by atomic mass is 9.80. The van der Waals surface area contributed by atoms with E-state index in [1.807, 2.05) is 0 Å². The molecule has 0 aliphatic carbocycles. The van der Waals surface area contributed by atoms with Gasteiger partial charge in [-0.05, 0) is 14.0 Å². The summed E-state index contributed by atoms with van der Waals surface area (Å²) in [7, 11) is -4.77. The van der Waals surface area contributed by atoms with Crippen LogP contribution in [0.15, 0.2) is 12.2 Å². The molecular weight excluding hydrogens is 423 g/mol. The van der Waals surface area contributed by atoms with Crippen LogP contribution in [-0.4, -0.2) is 68.9 Å². The molecule has 9 nitrogen and oxygen atoms in total. The van der Waals surface area contributed by atoms with Crippen LogP contribution in [0.1, 0.15) is 6.92 Å². The Labute approximate surface area is 160 Å². The molecule has 142 valence electrons. The molecule has 0 amide bonds. The van der Waals surface area contributed by atoms with E-state index in [1.54, 1.807) is 6.92 Å². The van der Waals surface area contributed by atoms with Gasteiger partial charge in [-0.1, -0.05) is 47.0 Å². The van der Waals surface area contributed by atoms with Crippen LogP contribution in [0.4, 0.5) is 0 Å². The summed E-state index contributed by atoms with van der Waals surface area (Å²) < 4.78 is 40.7. The van der Waals surface area contributed by atoms with Crippen molar-refractivity contribution in [2.75, 3.05) is 26.7 Å². The number of carbonyl (C=O) groups is 2. The summed E-state index contributed by atoms with van der Waals surface area (Å²) in [6.45, 7) is 0.360. The molecule has 0 aromatic carbocycles. The van der Waals surface area contributed by atoms with Gasteiger partial charge in [0.05, 0.1) is 13.1 Å². The largest absolute Gasteiger partial charge is 0.635 e. The molecule has 1 fully saturated rings. The predicted octanol–water partition coefficient (Wildman–Crippen LogP) is 0.639. The number of nitrogens with zero attached hydrogens (tertiary/aromatic N) is 1. The average molecular weight is 438 g/mol. The average Bonchev–Trinajstić information content (AvgIpc) is 2.41. The summed E-state index contributed by atoms with van der Waals surface area (Å²) in [5, 5.41) is 0. The zero-order valence-electron chi connectivity index (χ0n) is 13.2. The van der Waals surface area contributed by atoms with Gasteiger partial charge in [0.2, 0.25) is 3.79 Å². The van der Waals surface area contributed by atoms with E-state index < -0.39 is 45.9 Å². The summed E-state index contributed by atoms with van der Waals surface area (Å²) in [5.41, 5.74) is 0. The van der Waals surface area contributed by atoms with Crippen molar-refractivity contribution >= 4 is 64.3 Å². The van der Waals surface area contributed by atoms with Crippen LogP contribution in [0.2, 0.25) is 0 Å². The third-order valence-electron chi connectivity index (χ3n) is 2.54. The fourth-order valence-electron chi connectivity index (χ4n) is 1.65. The van der Waals surface area contributed by atoms with E-state index in [9.17, 15) is 18.0 Å². The lowest BCUT2D eigenvalue weighted by Crippen LogP contribution is -2.48. The van der Waals surface area contributed by atoms with E-state index >= 15 is 0 Å². The number of hydrogen-bond acceptors (Lipinski definition) is 9. The van der Waals surface area contributed by atoms with Crippen molar-refractivity contribution in [3.63, 3.8) is 0 Å². The van der Waals surface area contributed by atoms with Gasteiger partial charge in [0.1, 0.15) is 6.61 Å². The molecule has 1 aliphatic heterocycles. The maximum Gasteiger partial charge on any atom is 0.635 e. The summed E-state index contributed by atoms with van der Waals surface area (Å²) in [4.78, 5) is 24.8. The van der Waals surface area contributed by atoms with Crippen LogP contribution in [0.25, 0.3) is 0 Å². The van der Waals surface area contributed by atoms with Crippen LogP contribution in [-0.2, 0) is 37.7 Å². The SMILES string of the molecule is C/C=C/C(OS(=O)(=O)OCC(Cl)(Cl)Cl)B1OC(=O)CN(C)CC(=O)O1. The summed E-state index contributed by atoms with van der Waals surface area (Å²) in [6.07, 6.45) is 2.61. The molecule has 0 bridgehead atoms. The second-order valence-electron chi connectivity index (χ2n) is 4.89. The van der Waals surface area contributed by atoms with Crippen LogP contribution >= 0.6 is 34.8 Å². The van der Waals surface area contributed by atoms with E-state index in [0.717, 1.165) is 0 Å². The maximum absolute atomic E-state index is 11.8. The van der Waals surface area contributed by atoms with Crippen molar-refractivity contribution in [2.24, 2.45) is 0 Å².